The zero-order valence-electron chi connectivity index (χ0n) is 13.6. The van der Waals surface area contributed by atoms with Crippen LogP contribution in [-0.2, 0) is 13.6 Å². The van der Waals surface area contributed by atoms with Crippen LogP contribution in [0, 0.1) is 0 Å². The van der Waals surface area contributed by atoms with Gasteiger partial charge in [-0.15, -0.1) is 0 Å². The molecule has 0 saturated carbocycles. The summed E-state index contributed by atoms with van der Waals surface area (Å²) in [4.78, 5) is 2.26. The van der Waals surface area contributed by atoms with Crippen LogP contribution in [0.25, 0.3) is 21.8 Å². The second kappa shape index (κ2) is 5.03. The van der Waals surface area contributed by atoms with Gasteiger partial charge in [-0.1, -0.05) is 36.4 Å². The van der Waals surface area contributed by atoms with Gasteiger partial charge in [-0.25, -0.2) is 0 Å². The number of fused-ring (bicyclic) bond motifs is 4. The van der Waals surface area contributed by atoms with Crippen LogP contribution in [0.4, 0.5) is 5.69 Å². The third kappa shape index (κ3) is 1.91. The van der Waals surface area contributed by atoms with E-state index in [0.717, 1.165) is 12.3 Å². The highest BCUT2D eigenvalue weighted by atomic mass is 16.5. The molecule has 1 aliphatic rings. The van der Waals surface area contributed by atoms with Crippen LogP contribution in [0.2, 0.25) is 0 Å². The fraction of sp³-hybridized carbons (Fsp3) is 0.143. The Kier molecular flexibility index (Phi) is 2.83. The van der Waals surface area contributed by atoms with E-state index in [1.165, 1.54) is 33.1 Å². The van der Waals surface area contributed by atoms with Crippen LogP contribution in [0.5, 0.6) is 5.75 Å². The molecule has 2 heterocycles. The molecule has 3 heteroatoms. The molecule has 1 aromatic heterocycles. The van der Waals surface area contributed by atoms with Gasteiger partial charge in [0.25, 0.3) is 0 Å². The highest BCUT2D eigenvalue weighted by Crippen LogP contribution is 2.36. The summed E-state index contributed by atoms with van der Waals surface area (Å²) in [6.45, 7) is 1.46. The Hall–Kier alpha value is -2.94. The third-order valence-corrected chi connectivity index (χ3v) is 4.95. The largest absolute Gasteiger partial charge is 0.473 e. The molecule has 1 aliphatic heterocycles. The first kappa shape index (κ1) is 13.5. The average molecular weight is 314 g/mol. The molecule has 24 heavy (non-hydrogen) atoms. The number of para-hydroxylation sites is 2. The molecule has 0 bridgehead atoms. The number of aromatic nitrogens is 1. The number of ether oxygens (including phenoxy) is 1. The van der Waals surface area contributed by atoms with Crippen molar-refractivity contribution in [2.45, 2.75) is 6.54 Å². The minimum absolute atomic E-state index is 0.590. The first-order valence-electron chi connectivity index (χ1n) is 8.24. The molecule has 0 atom stereocenters. The zero-order valence-corrected chi connectivity index (χ0v) is 13.6. The lowest BCUT2D eigenvalue weighted by Crippen LogP contribution is -2.31. The Morgan fingerprint density at radius 1 is 0.833 bits per heavy atom. The van der Waals surface area contributed by atoms with Gasteiger partial charge in [0.1, 0.15) is 5.75 Å². The van der Waals surface area contributed by atoms with Crippen LogP contribution >= 0.6 is 0 Å². The van der Waals surface area contributed by atoms with E-state index in [4.69, 9.17) is 4.74 Å². The lowest BCUT2D eigenvalue weighted by Gasteiger charge is -2.31. The fourth-order valence-electron chi connectivity index (χ4n) is 3.69. The Bertz CT molecular complexity index is 1050. The van der Waals surface area contributed by atoms with Crippen molar-refractivity contribution in [1.82, 2.24) is 4.57 Å². The SMILES string of the molecule is Cn1c2ccccc2c2cc3c(cc21)OCN(c1ccccc1)C3. The van der Waals surface area contributed by atoms with Crippen molar-refractivity contribution in [2.24, 2.45) is 7.05 Å². The standard InChI is InChI=1S/C21H18N2O/c1-22-19-10-6-5-9-17(19)18-11-15-13-23(16-7-3-2-4-8-16)14-24-21(15)12-20(18)22/h2-12H,13-14H2,1H3. The molecular formula is C21H18N2O. The minimum atomic E-state index is 0.590. The summed E-state index contributed by atoms with van der Waals surface area (Å²) in [5, 5.41) is 2.60. The molecule has 0 spiro atoms. The summed E-state index contributed by atoms with van der Waals surface area (Å²) in [6, 6.07) is 23.5. The molecule has 118 valence electrons. The molecule has 0 fully saturated rings. The predicted molar refractivity (Wildman–Crippen MR) is 98.5 cm³/mol. The molecular weight excluding hydrogens is 296 g/mol. The first-order valence-corrected chi connectivity index (χ1v) is 8.24. The van der Waals surface area contributed by atoms with Crippen LogP contribution < -0.4 is 9.64 Å². The van der Waals surface area contributed by atoms with Crippen LogP contribution in [0.3, 0.4) is 0 Å². The van der Waals surface area contributed by atoms with E-state index in [0.29, 0.717) is 6.73 Å². The Morgan fingerprint density at radius 2 is 1.62 bits per heavy atom. The molecule has 3 nitrogen and oxygen atoms in total. The monoisotopic (exact) mass is 314 g/mol. The van der Waals surface area contributed by atoms with Gasteiger partial charge in [0.05, 0.1) is 5.52 Å². The van der Waals surface area contributed by atoms with Gasteiger partial charge in [0, 0.05) is 47.2 Å². The molecule has 0 aliphatic carbocycles. The van der Waals surface area contributed by atoms with Gasteiger partial charge >= 0.3 is 0 Å². The maximum atomic E-state index is 6.06. The molecule has 0 N–H and O–H groups in total. The lowest BCUT2D eigenvalue weighted by atomic mass is 10.1. The normalized spacial score (nSPS) is 14.0. The summed E-state index contributed by atoms with van der Waals surface area (Å²) in [5.41, 5.74) is 4.92. The van der Waals surface area contributed by atoms with Gasteiger partial charge in [-0.05, 0) is 24.3 Å². The first-order chi connectivity index (χ1) is 11.8. The summed E-state index contributed by atoms with van der Waals surface area (Å²) in [6.07, 6.45) is 0. The highest BCUT2D eigenvalue weighted by Gasteiger charge is 2.20. The zero-order chi connectivity index (χ0) is 16.1. The second-order valence-corrected chi connectivity index (χ2v) is 6.36. The summed E-state index contributed by atoms with van der Waals surface area (Å²) in [5.74, 6) is 1.00. The van der Waals surface area contributed by atoms with Crippen molar-refractivity contribution in [3.63, 3.8) is 0 Å². The van der Waals surface area contributed by atoms with Gasteiger partial charge < -0.3 is 14.2 Å². The van der Waals surface area contributed by atoms with E-state index in [-0.39, 0.29) is 0 Å². The molecule has 4 aromatic rings. The number of aryl methyl sites for hydroxylation is 1. The van der Waals surface area contributed by atoms with Gasteiger partial charge in [0.15, 0.2) is 6.73 Å². The number of anilines is 1. The molecule has 0 amide bonds. The maximum Gasteiger partial charge on any atom is 0.161 e. The maximum absolute atomic E-state index is 6.06. The number of benzene rings is 3. The van der Waals surface area contributed by atoms with Crippen LogP contribution in [0.15, 0.2) is 66.7 Å². The molecule has 0 unspecified atom stereocenters. The molecule has 3 aromatic carbocycles. The van der Waals surface area contributed by atoms with Crippen LogP contribution in [-0.4, -0.2) is 11.3 Å². The van der Waals surface area contributed by atoms with Crippen molar-refractivity contribution in [1.29, 1.82) is 0 Å². The Labute approximate surface area is 140 Å². The molecule has 5 rings (SSSR count). The van der Waals surface area contributed by atoms with Crippen LogP contribution in [0.1, 0.15) is 5.56 Å². The number of hydrogen-bond acceptors (Lipinski definition) is 2. The third-order valence-electron chi connectivity index (χ3n) is 4.95. The number of rotatable bonds is 1. The Morgan fingerprint density at radius 3 is 2.50 bits per heavy atom. The van der Waals surface area contributed by atoms with Crippen molar-refractivity contribution < 1.29 is 4.74 Å². The van der Waals surface area contributed by atoms with Crippen molar-refractivity contribution in [3.05, 3.63) is 72.3 Å². The summed E-state index contributed by atoms with van der Waals surface area (Å²) >= 11 is 0. The lowest BCUT2D eigenvalue weighted by molar-refractivity contribution is 0.290. The number of nitrogens with zero attached hydrogens (tertiary/aromatic N) is 2. The smallest absolute Gasteiger partial charge is 0.161 e. The van der Waals surface area contributed by atoms with Crippen molar-refractivity contribution in [3.8, 4) is 5.75 Å². The van der Waals surface area contributed by atoms with Gasteiger partial charge in [-0.2, -0.15) is 0 Å². The number of hydrogen-bond donors (Lipinski definition) is 0. The van der Waals surface area contributed by atoms with Crippen molar-refractivity contribution >= 4 is 27.5 Å². The molecule has 0 radical (unpaired) electrons. The van der Waals surface area contributed by atoms with E-state index in [1.807, 2.05) is 6.07 Å². The summed E-state index contributed by atoms with van der Waals surface area (Å²) < 4.78 is 8.31. The minimum Gasteiger partial charge on any atom is -0.473 e. The van der Waals surface area contributed by atoms with E-state index in [9.17, 15) is 0 Å². The van der Waals surface area contributed by atoms with E-state index >= 15 is 0 Å². The molecule has 0 saturated heterocycles. The second-order valence-electron chi connectivity index (χ2n) is 6.36. The quantitative estimate of drug-likeness (QED) is 0.507. The van der Waals surface area contributed by atoms with E-state index < -0.39 is 0 Å². The average Bonchev–Trinajstić information content (AvgIpc) is 2.93. The topological polar surface area (TPSA) is 17.4 Å². The van der Waals surface area contributed by atoms with E-state index in [2.05, 4.69) is 77.2 Å². The predicted octanol–water partition coefficient (Wildman–Crippen LogP) is 4.69. The fourth-order valence-corrected chi connectivity index (χ4v) is 3.69. The van der Waals surface area contributed by atoms with Crippen molar-refractivity contribution in [2.75, 3.05) is 11.6 Å². The summed E-state index contributed by atoms with van der Waals surface area (Å²) in [7, 11) is 2.12. The Balaban J connectivity index is 1.66. The highest BCUT2D eigenvalue weighted by molar-refractivity contribution is 6.08. The van der Waals surface area contributed by atoms with Gasteiger partial charge in [0.2, 0.25) is 0 Å². The van der Waals surface area contributed by atoms with E-state index in [1.54, 1.807) is 0 Å². The van der Waals surface area contributed by atoms with Gasteiger partial charge in [-0.3, -0.25) is 0 Å².